The molecular formula is C17H14FN3O2. The number of aliphatic hydroxyl groups is 1. The van der Waals surface area contributed by atoms with Crippen LogP contribution in [-0.4, -0.2) is 27.1 Å². The van der Waals surface area contributed by atoms with Gasteiger partial charge >= 0.3 is 0 Å². The Hall–Kier alpha value is -2.73. The minimum Gasteiger partial charge on any atom is -0.392 e. The van der Waals surface area contributed by atoms with Crippen LogP contribution in [0.15, 0.2) is 36.4 Å². The number of hydrogen-bond acceptors (Lipinski definition) is 3. The van der Waals surface area contributed by atoms with E-state index in [1.807, 2.05) is 28.8 Å². The molecule has 0 atom stereocenters. The Balaban J connectivity index is 1.98. The Morgan fingerprint density at radius 1 is 1.26 bits per heavy atom. The number of aliphatic hydroxyl groups excluding tert-OH is 1. The zero-order chi connectivity index (χ0) is 16.0. The highest BCUT2D eigenvalue weighted by atomic mass is 19.1. The van der Waals surface area contributed by atoms with Crippen molar-refractivity contribution in [3.8, 4) is 11.4 Å². The zero-order valence-electron chi connectivity index (χ0n) is 12.2. The molecule has 0 fully saturated rings. The van der Waals surface area contributed by atoms with Gasteiger partial charge in [-0.1, -0.05) is 24.3 Å². The summed E-state index contributed by atoms with van der Waals surface area (Å²) in [7, 11) is 0. The van der Waals surface area contributed by atoms with Crippen LogP contribution in [0.25, 0.3) is 22.4 Å². The van der Waals surface area contributed by atoms with Crippen LogP contribution >= 0.6 is 0 Å². The molecule has 116 valence electrons. The lowest BCUT2D eigenvalue weighted by Gasteiger charge is -2.07. The first-order valence-electron chi connectivity index (χ1n) is 7.35. The molecule has 5 nitrogen and oxygen atoms in total. The normalized spacial score (nSPS) is 13.9. The van der Waals surface area contributed by atoms with Crippen molar-refractivity contribution in [1.82, 2.24) is 14.9 Å². The van der Waals surface area contributed by atoms with Gasteiger partial charge in [-0.25, -0.2) is 9.37 Å². The number of nitrogens with one attached hydrogen (secondary N) is 1. The highest BCUT2D eigenvalue weighted by Crippen LogP contribution is 2.29. The summed E-state index contributed by atoms with van der Waals surface area (Å²) in [5, 5.41) is 11.9. The second-order valence-corrected chi connectivity index (χ2v) is 5.52. The summed E-state index contributed by atoms with van der Waals surface area (Å²) in [6.45, 7) is 1.00. The summed E-state index contributed by atoms with van der Waals surface area (Å²) in [5.41, 5.74) is 3.10. The number of benzene rings is 2. The van der Waals surface area contributed by atoms with Gasteiger partial charge in [0.25, 0.3) is 5.91 Å². The van der Waals surface area contributed by atoms with Gasteiger partial charge in [-0.3, -0.25) is 4.79 Å². The number of nitrogens with zero attached hydrogens (tertiary/aromatic N) is 2. The average molecular weight is 311 g/mol. The minimum atomic E-state index is -0.476. The van der Waals surface area contributed by atoms with E-state index in [1.165, 1.54) is 12.1 Å². The van der Waals surface area contributed by atoms with Crippen LogP contribution in [0.4, 0.5) is 4.39 Å². The lowest BCUT2D eigenvalue weighted by Crippen LogP contribution is -2.24. The molecule has 1 aliphatic rings. The molecule has 4 rings (SSSR count). The van der Waals surface area contributed by atoms with Gasteiger partial charge in [0.15, 0.2) is 0 Å². The predicted octanol–water partition coefficient (Wildman–Crippen LogP) is 2.08. The number of halogens is 1. The molecule has 2 heterocycles. The Kier molecular flexibility index (Phi) is 3.12. The van der Waals surface area contributed by atoms with Crippen LogP contribution in [0.3, 0.4) is 0 Å². The third-order valence-electron chi connectivity index (χ3n) is 4.07. The topological polar surface area (TPSA) is 67.2 Å². The average Bonchev–Trinajstić information content (AvgIpc) is 2.83. The van der Waals surface area contributed by atoms with Crippen molar-refractivity contribution < 1.29 is 14.3 Å². The van der Waals surface area contributed by atoms with Crippen LogP contribution in [0.5, 0.6) is 0 Å². The van der Waals surface area contributed by atoms with Crippen LogP contribution in [0.1, 0.15) is 15.9 Å². The first kappa shape index (κ1) is 13.9. The largest absolute Gasteiger partial charge is 0.392 e. The number of aromatic nitrogens is 2. The summed E-state index contributed by atoms with van der Waals surface area (Å²) in [5.74, 6) is -0.0699. The fraction of sp³-hybridized carbons (Fsp3) is 0.176. The molecule has 0 saturated carbocycles. The quantitative estimate of drug-likeness (QED) is 0.761. The SMILES string of the molecule is O=C1NCCn2c(-c3ccc(CO)cc3)nc3cc(F)cc1c32. The molecule has 1 amide bonds. The van der Waals surface area contributed by atoms with E-state index in [1.54, 1.807) is 0 Å². The van der Waals surface area contributed by atoms with E-state index in [0.29, 0.717) is 35.5 Å². The molecule has 3 aromatic rings. The molecule has 23 heavy (non-hydrogen) atoms. The number of imidazole rings is 1. The third kappa shape index (κ3) is 2.19. The van der Waals surface area contributed by atoms with E-state index in [0.717, 1.165) is 11.1 Å². The molecule has 0 spiro atoms. The minimum absolute atomic E-state index is 0.0233. The second kappa shape index (κ2) is 5.17. The van der Waals surface area contributed by atoms with E-state index < -0.39 is 5.82 Å². The van der Waals surface area contributed by atoms with Crippen LogP contribution in [0, 0.1) is 5.82 Å². The maximum Gasteiger partial charge on any atom is 0.253 e. The Morgan fingerprint density at radius 3 is 2.78 bits per heavy atom. The summed E-state index contributed by atoms with van der Waals surface area (Å²) >= 11 is 0. The first-order valence-corrected chi connectivity index (χ1v) is 7.35. The lowest BCUT2D eigenvalue weighted by molar-refractivity contribution is 0.0956. The monoisotopic (exact) mass is 311 g/mol. The van der Waals surface area contributed by atoms with Crippen molar-refractivity contribution in [3.63, 3.8) is 0 Å². The second-order valence-electron chi connectivity index (χ2n) is 5.52. The van der Waals surface area contributed by atoms with Gasteiger partial charge in [0.2, 0.25) is 0 Å². The maximum absolute atomic E-state index is 13.8. The van der Waals surface area contributed by atoms with Gasteiger partial charge in [-0.2, -0.15) is 0 Å². The van der Waals surface area contributed by atoms with Gasteiger partial charge < -0.3 is 15.0 Å². The van der Waals surface area contributed by atoms with Crippen molar-refractivity contribution in [3.05, 3.63) is 53.3 Å². The molecule has 0 radical (unpaired) electrons. The molecule has 2 N–H and O–H groups in total. The lowest BCUT2D eigenvalue weighted by atomic mass is 10.1. The van der Waals surface area contributed by atoms with Crippen LogP contribution in [0.2, 0.25) is 0 Å². The number of carbonyl (C=O) groups excluding carboxylic acids is 1. The fourth-order valence-electron chi connectivity index (χ4n) is 2.98. The maximum atomic E-state index is 13.8. The molecule has 1 aromatic heterocycles. The van der Waals surface area contributed by atoms with Gasteiger partial charge in [-0.15, -0.1) is 0 Å². The molecule has 2 aromatic carbocycles. The molecule has 0 unspecified atom stereocenters. The molecule has 0 aliphatic carbocycles. The molecule has 0 bridgehead atoms. The number of carbonyl (C=O) groups is 1. The Morgan fingerprint density at radius 2 is 2.04 bits per heavy atom. The van der Waals surface area contributed by atoms with Gasteiger partial charge in [-0.05, 0) is 11.6 Å². The summed E-state index contributed by atoms with van der Waals surface area (Å²) in [6.07, 6.45) is 0. The van der Waals surface area contributed by atoms with Gasteiger partial charge in [0.1, 0.15) is 11.6 Å². The van der Waals surface area contributed by atoms with E-state index >= 15 is 0 Å². The standard InChI is InChI=1S/C17H14FN3O2/c18-12-7-13-15-14(8-12)20-16(21(15)6-5-19-17(13)23)11-3-1-10(9-22)2-4-11/h1-4,7-8,22H,5-6,9H2,(H,19,23). The van der Waals surface area contributed by atoms with Crippen molar-refractivity contribution in [1.29, 1.82) is 0 Å². The molecule has 6 heteroatoms. The van der Waals surface area contributed by atoms with E-state index in [-0.39, 0.29) is 12.5 Å². The first-order chi connectivity index (χ1) is 11.2. The van der Waals surface area contributed by atoms with Gasteiger partial charge in [0, 0.05) is 24.7 Å². The number of hydrogen-bond donors (Lipinski definition) is 2. The van der Waals surface area contributed by atoms with E-state index in [2.05, 4.69) is 10.3 Å². The van der Waals surface area contributed by atoms with Crippen molar-refractivity contribution in [2.24, 2.45) is 0 Å². The number of amides is 1. The molecular weight excluding hydrogens is 297 g/mol. The van der Waals surface area contributed by atoms with E-state index in [4.69, 9.17) is 5.11 Å². The highest BCUT2D eigenvalue weighted by molar-refractivity contribution is 6.06. The molecule has 0 saturated heterocycles. The van der Waals surface area contributed by atoms with Crippen LogP contribution < -0.4 is 5.32 Å². The highest BCUT2D eigenvalue weighted by Gasteiger charge is 2.23. The van der Waals surface area contributed by atoms with Gasteiger partial charge in [0.05, 0.1) is 23.2 Å². The zero-order valence-corrected chi connectivity index (χ0v) is 12.2. The van der Waals surface area contributed by atoms with Crippen molar-refractivity contribution in [2.45, 2.75) is 13.2 Å². The summed E-state index contributed by atoms with van der Waals surface area (Å²) in [4.78, 5) is 16.7. The van der Waals surface area contributed by atoms with Crippen molar-refractivity contribution in [2.75, 3.05) is 6.54 Å². The van der Waals surface area contributed by atoms with E-state index in [9.17, 15) is 9.18 Å². The summed E-state index contributed by atoms with van der Waals surface area (Å²) in [6, 6.07) is 9.98. The smallest absolute Gasteiger partial charge is 0.253 e. The Labute approximate surface area is 131 Å². The predicted molar refractivity (Wildman–Crippen MR) is 83.4 cm³/mol. The Bertz CT molecular complexity index is 916. The molecule has 1 aliphatic heterocycles. The fourth-order valence-corrected chi connectivity index (χ4v) is 2.98. The van der Waals surface area contributed by atoms with Crippen molar-refractivity contribution >= 4 is 16.9 Å². The van der Waals surface area contributed by atoms with Crippen LogP contribution in [-0.2, 0) is 13.2 Å². The third-order valence-corrected chi connectivity index (χ3v) is 4.07. The number of rotatable bonds is 2. The summed E-state index contributed by atoms with van der Waals surface area (Å²) < 4.78 is 15.7.